The number of nitrogen functional groups attached to an aromatic ring is 1. The number of benzene rings is 1. The van der Waals surface area contributed by atoms with Gasteiger partial charge in [0.05, 0.1) is 6.42 Å². The van der Waals surface area contributed by atoms with Gasteiger partial charge in [-0.3, -0.25) is 25.1 Å². The van der Waals surface area contributed by atoms with E-state index in [9.17, 15) is 14.4 Å². The first-order valence-electron chi connectivity index (χ1n) is 5.31. The van der Waals surface area contributed by atoms with Gasteiger partial charge in [0.2, 0.25) is 11.8 Å². The van der Waals surface area contributed by atoms with E-state index in [4.69, 9.17) is 5.73 Å². The van der Waals surface area contributed by atoms with Crippen LogP contribution < -0.4 is 21.9 Å². The molecule has 0 saturated carbocycles. The van der Waals surface area contributed by atoms with Crippen molar-refractivity contribution in [2.75, 3.05) is 5.73 Å². The maximum absolute atomic E-state index is 11.7. The van der Waals surface area contributed by atoms with Gasteiger partial charge in [0.25, 0.3) is 5.91 Å². The molecule has 2 rings (SSSR count). The predicted octanol–water partition coefficient (Wildman–Crippen LogP) is -1.08. The van der Waals surface area contributed by atoms with E-state index in [1.807, 2.05) is 0 Å². The third-order valence-corrected chi connectivity index (χ3v) is 2.50. The zero-order chi connectivity index (χ0) is 13.1. The molecule has 7 nitrogen and oxygen atoms in total. The molecule has 18 heavy (non-hydrogen) atoms. The van der Waals surface area contributed by atoms with Gasteiger partial charge in [-0.25, -0.2) is 5.43 Å². The van der Waals surface area contributed by atoms with E-state index in [-0.39, 0.29) is 12.3 Å². The first-order chi connectivity index (χ1) is 8.56. The Morgan fingerprint density at radius 3 is 2.50 bits per heavy atom. The highest BCUT2D eigenvalue weighted by Gasteiger charge is 2.28. The molecule has 5 N–H and O–H groups in total. The highest BCUT2D eigenvalue weighted by atomic mass is 16.2. The minimum Gasteiger partial charge on any atom is -0.399 e. The van der Waals surface area contributed by atoms with Gasteiger partial charge in [0, 0.05) is 11.3 Å². The Kier molecular flexibility index (Phi) is 3.24. The van der Waals surface area contributed by atoms with Gasteiger partial charge in [-0.05, 0) is 24.3 Å². The molecule has 1 unspecified atom stereocenters. The number of hydrogen-bond donors (Lipinski definition) is 4. The molecule has 0 radical (unpaired) electrons. The van der Waals surface area contributed by atoms with E-state index in [0.717, 1.165) is 0 Å². The van der Waals surface area contributed by atoms with Gasteiger partial charge in [0.15, 0.2) is 0 Å². The Bertz CT molecular complexity index is 498. The van der Waals surface area contributed by atoms with Crippen molar-refractivity contribution in [3.8, 4) is 0 Å². The third kappa shape index (κ3) is 2.64. The lowest BCUT2D eigenvalue weighted by Gasteiger charge is -2.08. The summed E-state index contributed by atoms with van der Waals surface area (Å²) in [5.41, 5.74) is 11.1. The Morgan fingerprint density at radius 1 is 1.28 bits per heavy atom. The fraction of sp³-hybridized carbons (Fsp3) is 0.182. The van der Waals surface area contributed by atoms with Crippen molar-refractivity contribution in [2.45, 2.75) is 12.5 Å². The van der Waals surface area contributed by atoms with Crippen LogP contribution in [0.25, 0.3) is 0 Å². The number of hydrogen-bond acceptors (Lipinski definition) is 5. The van der Waals surface area contributed by atoms with Gasteiger partial charge >= 0.3 is 0 Å². The fourth-order valence-electron chi connectivity index (χ4n) is 1.52. The van der Waals surface area contributed by atoms with Crippen molar-refractivity contribution in [2.24, 2.45) is 0 Å². The van der Waals surface area contributed by atoms with E-state index >= 15 is 0 Å². The molecule has 7 heteroatoms. The molecule has 1 aromatic carbocycles. The summed E-state index contributed by atoms with van der Waals surface area (Å²) in [6.07, 6.45) is 0.0147. The lowest BCUT2D eigenvalue weighted by atomic mass is 10.1. The molecule has 94 valence electrons. The topological polar surface area (TPSA) is 113 Å². The molecule has 0 spiro atoms. The highest BCUT2D eigenvalue weighted by Crippen LogP contribution is 2.05. The quantitative estimate of drug-likeness (QED) is 0.392. The Labute approximate surface area is 103 Å². The van der Waals surface area contributed by atoms with Crippen LogP contribution in [-0.2, 0) is 9.59 Å². The van der Waals surface area contributed by atoms with Gasteiger partial charge in [-0.1, -0.05) is 0 Å². The van der Waals surface area contributed by atoms with Crippen LogP contribution in [0, 0.1) is 0 Å². The summed E-state index contributed by atoms with van der Waals surface area (Å²) in [5.74, 6) is -1.36. The molecule has 1 fully saturated rings. The minimum absolute atomic E-state index is 0.0147. The number of nitrogens with two attached hydrogens (primary N) is 1. The van der Waals surface area contributed by atoms with Crippen LogP contribution in [0.2, 0.25) is 0 Å². The summed E-state index contributed by atoms with van der Waals surface area (Å²) in [6.45, 7) is 0. The zero-order valence-corrected chi connectivity index (χ0v) is 9.40. The summed E-state index contributed by atoms with van der Waals surface area (Å²) >= 11 is 0. The number of carbonyl (C=O) groups excluding carboxylic acids is 3. The maximum Gasteiger partial charge on any atom is 0.257 e. The third-order valence-electron chi connectivity index (χ3n) is 2.50. The summed E-state index contributed by atoms with van der Waals surface area (Å²) in [4.78, 5) is 34.2. The Balaban J connectivity index is 1.97. The molecular weight excluding hydrogens is 236 g/mol. The second-order valence-electron chi connectivity index (χ2n) is 3.89. The van der Waals surface area contributed by atoms with Gasteiger partial charge in [-0.2, -0.15) is 0 Å². The second-order valence-corrected chi connectivity index (χ2v) is 3.89. The molecule has 1 aliphatic heterocycles. The van der Waals surface area contributed by atoms with E-state index in [1.165, 1.54) is 12.1 Å². The average Bonchev–Trinajstić information content (AvgIpc) is 2.76. The number of anilines is 1. The van der Waals surface area contributed by atoms with Crippen molar-refractivity contribution in [1.29, 1.82) is 0 Å². The smallest absolute Gasteiger partial charge is 0.257 e. The van der Waals surface area contributed by atoms with E-state index in [0.29, 0.717) is 11.3 Å². The number of nitrogens with one attached hydrogen (secondary N) is 3. The van der Waals surface area contributed by atoms with Gasteiger partial charge < -0.3 is 5.73 Å². The number of rotatable bonds is 2. The summed E-state index contributed by atoms with van der Waals surface area (Å²) in [5, 5.41) is 2.20. The van der Waals surface area contributed by atoms with E-state index in [2.05, 4.69) is 16.2 Å². The van der Waals surface area contributed by atoms with E-state index < -0.39 is 17.9 Å². The van der Waals surface area contributed by atoms with Gasteiger partial charge in [0.1, 0.15) is 6.04 Å². The fourth-order valence-corrected chi connectivity index (χ4v) is 1.52. The van der Waals surface area contributed by atoms with Crippen molar-refractivity contribution >= 4 is 23.4 Å². The van der Waals surface area contributed by atoms with Crippen molar-refractivity contribution in [3.05, 3.63) is 29.8 Å². The SMILES string of the molecule is Nc1ccc(C(=O)NC(=O)C2CC(=O)NN2)cc1. The Hall–Kier alpha value is -2.41. The molecule has 0 aliphatic carbocycles. The average molecular weight is 248 g/mol. The molecule has 1 saturated heterocycles. The standard InChI is InChI=1S/C11H12N4O3/c12-7-3-1-6(2-4-7)10(17)13-11(18)8-5-9(16)15-14-8/h1-4,8,14H,5,12H2,(H,15,16)(H,13,17,18). The number of amides is 3. The molecule has 1 heterocycles. The highest BCUT2D eigenvalue weighted by molar-refractivity contribution is 6.07. The molecule has 0 bridgehead atoms. The maximum atomic E-state index is 11.7. The van der Waals surface area contributed by atoms with Crippen molar-refractivity contribution in [1.82, 2.24) is 16.2 Å². The largest absolute Gasteiger partial charge is 0.399 e. The molecule has 1 aromatic rings. The number of hydrazine groups is 1. The molecule has 0 aromatic heterocycles. The van der Waals surface area contributed by atoms with Crippen LogP contribution in [0.3, 0.4) is 0 Å². The molecule has 1 atom stereocenters. The van der Waals surface area contributed by atoms with Crippen LogP contribution in [0.4, 0.5) is 5.69 Å². The Morgan fingerprint density at radius 2 is 1.94 bits per heavy atom. The van der Waals surface area contributed by atoms with E-state index in [1.54, 1.807) is 12.1 Å². The predicted molar refractivity (Wildman–Crippen MR) is 63.0 cm³/mol. The summed E-state index contributed by atoms with van der Waals surface area (Å²) < 4.78 is 0. The number of imide groups is 1. The molecule has 1 aliphatic rings. The van der Waals surface area contributed by atoms with Gasteiger partial charge in [-0.15, -0.1) is 0 Å². The summed E-state index contributed by atoms with van der Waals surface area (Å²) in [7, 11) is 0. The van der Waals surface area contributed by atoms with Crippen molar-refractivity contribution in [3.63, 3.8) is 0 Å². The number of carbonyl (C=O) groups is 3. The zero-order valence-electron chi connectivity index (χ0n) is 9.40. The lowest BCUT2D eigenvalue weighted by Crippen LogP contribution is -2.45. The van der Waals surface area contributed by atoms with Crippen LogP contribution >= 0.6 is 0 Å². The first-order valence-corrected chi connectivity index (χ1v) is 5.31. The lowest BCUT2D eigenvalue weighted by molar-refractivity contribution is -0.123. The second kappa shape index (κ2) is 4.84. The molecule has 3 amide bonds. The van der Waals surface area contributed by atoms with Crippen LogP contribution in [0.15, 0.2) is 24.3 Å². The monoisotopic (exact) mass is 248 g/mol. The van der Waals surface area contributed by atoms with Crippen molar-refractivity contribution < 1.29 is 14.4 Å². The normalized spacial score (nSPS) is 18.2. The van der Waals surface area contributed by atoms with Crippen LogP contribution in [0.1, 0.15) is 16.8 Å². The molecular formula is C11H12N4O3. The minimum atomic E-state index is -0.727. The summed E-state index contributed by atoms with van der Waals surface area (Å²) in [6, 6.07) is 5.44. The van der Waals surface area contributed by atoms with Crippen LogP contribution in [-0.4, -0.2) is 23.8 Å². The van der Waals surface area contributed by atoms with Crippen LogP contribution in [0.5, 0.6) is 0 Å². The first kappa shape index (κ1) is 12.1.